The number of carbonyl (C=O) groups is 1. The molecule has 0 saturated heterocycles. The lowest BCUT2D eigenvalue weighted by molar-refractivity contribution is -0.128. The molecule has 3 aliphatic carbocycles. The first-order valence-electron chi connectivity index (χ1n) is 10.9. The van der Waals surface area contributed by atoms with Crippen molar-refractivity contribution in [2.45, 2.75) is 84.3 Å². The average molecular weight is 387 g/mol. The molecule has 28 heavy (non-hydrogen) atoms. The summed E-state index contributed by atoms with van der Waals surface area (Å²) in [7, 11) is 0. The highest BCUT2D eigenvalue weighted by atomic mass is 16.3. The molecule has 1 aromatic heterocycles. The third kappa shape index (κ3) is 3.56. The van der Waals surface area contributed by atoms with Crippen molar-refractivity contribution in [3.8, 4) is 0 Å². The lowest BCUT2D eigenvalue weighted by Crippen LogP contribution is -2.42. The maximum Gasteiger partial charge on any atom is 0.162 e. The number of Topliss-reactive ketones (excluding diaryl/α,β-unsaturated/α-hetero) is 1. The van der Waals surface area contributed by atoms with Gasteiger partial charge in [-0.3, -0.25) is 4.79 Å². The van der Waals surface area contributed by atoms with Gasteiger partial charge in [0.1, 0.15) is 6.54 Å². The Morgan fingerprint density at radius 2 is 2.11 bits per heavy atom. The van der Waals surface area contributed by atoms with Gasteiger partial charge in [-0.05, 0) is 93.6 Å². The van der Waals surface area contributed by atoms with Crippen LogP contribution in [0.1, 0.15) is 72.1 Å². The van der Waals surface area contributed by atoms with E-state index in [4.69, 9.17) is 0 Å². The Bertz CT molecular complexity index is 742. The van der Waals surface area contributed by atoms with E-state index in [1.807, 2.05) is 6.92 Å². The highest BCUT2D eigenvalue weighted by molar-refractivity contribution is 5.81. The molecule has 1 N–H and O–H groups in total. The van der Waals surface area contributed by atoms with E-state index in [0.717, 1.165) is 38.5 Å². The maximum absolute atomic E-state index is 13.0. The lowest BCUT2D eigenvalue weighted by Gasteiger charge is -2.47. The van der Waals surface area contributed by atoms with Gasteiger partial charge in [-0.15, -0.1) is 10.2 Å². The lowest BCUT2D eigenvalue weighted by atomic mass is 9.58. The molecule has 0 aromatic carbocycles. The second kappa shape index (κ2) is 7.36. The SMILES string of the molecule is CC=C1CC(C)(O)CCC1C1CCC2(C)C(CCC2C(=O)Cn2ncnn2)C1. The molecule has 0 spiro atoms. The quantitative estimate of drug-likeness (QED) is 0.800. The van der Waals surface area contributed by atoms with E-state index < -0.39 is 5.60 Å². The molecular weight excluding hydrogens is 352 g/mol. The van der Waals surface area contributed by atoms with Gasteiger partial charge in [-0.25, -0.2) is 0 Å². The van der Waals surface area contributed by atoms with Crippen molar-refractivity contribution in [1.29, 1.82) is 0 Å². The average Bonchev–Trinajstić information content (AvgIpc) is 3.27. The van der Waals surface area contributed by atoms with Crippen molar-refractivity contribution in [1.82, 2.24) is 20.2 Å². The van der Waals surface area contributed by atoms with E-state index in [0.29, 0.717) is 17.8 Å². The molecule has 1 heterocycles. The van der Waals surface area contributed by atoms with E-state index in [1.165, 1.54) is 29.5 Å². The van der Waals surface area contributed by atoms with Gasteiger partial charge in [-0.2, -0.15) is 4.80 Å². The van der Waals surface area contributed by atoms with Crippen LogP contribution in [0.5, 0.6) is 0 Å². The Kier molecular flexibility index (Phi) is 5.19. The summed E-state index contributed by atoms with van der Waals surface area (Å²) in [4.78, 5) is 14.4. The van der Waals surface area contributed by atoms with Crippen LogP contribution in [-0.4, -0.2) is 36.7 Å². The largest absolute Gasteiger partial charge is 0.390 e. The van der Waals surface area contributed by atoms with Crippen molar-refractivity contribution < 1.29 is 9.90 Å². The molecule has 1 aromatic rings. The number of aromatic nitrogens is 4. The van der Waals surface area contributed by atoms with E-state index in [-0.39, 0.29) is 23.7 Å². The number of ketones is 1. The molecule has 3 fully saturated rings. The Labute approximate surface area is 167 Å². The van der Waals surface area contributed by atoms with Gasteiger partial charge in [0.15, 0.2) is 12.1 Å². The van der Waals surface area contributed by atoms with Crippen LogP contribution in [0, 0.1) is 29.1 Å². The number of aliphatic hydroxyl groups is 1. The molecule has 6 unspecified atom stereocenters. The number of tetrazole rings is 1. The molecule has 6 heteroatoms. The summed E-state index contributed by atoms with van der Waals surface area (Å²) in [5.74, 6) is 2.33. The molecule has 0 aliphatic heterocycles. The fourth-order valence-corrected chi connectivity index (χ4v) is 6.63. The van der Waals surface area contributed by atoms with Crippen LogP contribution in [0.2, 0.25) is 0 Å². The number of fused-ring (bicyclic) bond motifs is 1. The fourth-order valence-electron chi connectivity index (χ4n) is 6.63. The first-order chi connectivity index (χ1) is 13.3. The van der Waals surface area contributed by atoms with Crippen LogP contribution in [0.25, 0.3) is 0 Å². The molecule has 0 radical (unpaired) electrons. The first-order valence-corrected chi connectivity index (χ1v) is 10.9. The zero-order valence-corrected chi connectivity index (χ0v) is 17.5. The van der Waals surface area contributed by atoms with Gasteiger partial charge in [0.25, 0.3) is 0 Å². The van der Waals surface area contributed by atoms with Crippen molar-refractivity contribution in [2.75, 3.05) is 0 Å². The highest BCUT2D eigenvalue weighted by Gasteiger charge is 2.53. The van der Waals surface area contributed by atoms with Gasteiger partial charge in [0, 0.05) is 5.92 Å². The summed E-state index contributed by atoms with van der Waals surface area (Å²) in [6, 6.07) is 0. The Hall–Kier alpha value is -1.56. The standard InChI is InChI=1S/C22H34N4O2/c1-4-15-12-21(2,28)9-8-18(15)16-7-10-22(3)17(11-16)5-6-19(22)20(27)13-26-24-14-23-25-26/h4,14,16-19,28H,5-13H2,1-3H3. The molecule has 6 nitrogen and oxygen atoms in total. The number of allylic oxidation sites excluding steroid dienone is 1. The molecule has 0 bridgehead atoms. The van der Waals surface area contributed by atoms with Crippen LogP contribution in [0.15, 0.2) is 18.0 Å². The minimum Gasteiger partial charge on any atom is -0.390 e. The van der Waals surface area contributed by atoms with Crippen molar-refractivity contribution in [3.63, 3.8) is 0 Å². The third-order valence-corrected chi connectivity index (χ3v) is 8.25. The normalized spacial score (nSPS) is 42.5. The summed E-state index contributed by atoms with van der Waals surface area (Å²) < 4.78 is 0. The van der Waals surface area contributed by atoms with Crippen LogP contribution in [-0.2, 0) is 11.3 Å². The Balaban J connectivity index is 1.43. The molecule has 4 rings (SSSR count). The number of rotatable bonds is 4. The fraction of sp³-hybridized carbons (Fsp3) is 0.818. The van der Waals surface area contributed by atoms with Crippen LogP contribution in [0.4, 0.5) is 0 Å². The number of carbonyl (C=O) groups excluding carboxylic acids is 1. The monoisotopic (exact) mass is 386 g/mol. The zero-order chi connectivity index (χ0) is 19.9. The molecular formula is C22H34N4O2. The Morgan fingerprint density at radius 3 is 2.82 bits per heavy atom. The van der Waals surface area contributed by atoms with Crippen LogP contribution in [0.3, 0.4) is 0 Å². The first kappa shape index (κ1) is 19.7. The summed E-state index contributed by atoms with van der Waals surface area (Å²) in [6.45, 7) is 6.69. The van der Waals surface area contributed by atoms with E-state index in [1.54, 1.807) is 0 Å². The maximum atomic E-state index is 13.0. The summed E-state index contributed by atoms with van der Waals surface area (Å²) in [5, 5.41) is 22.1. The van der Waals surface area contributed by atoms with E-state index in [2.05, 4.69) is 35.3 Å². The minimum atomic E-state index is -0.540. The molecule has 3 saturated carbocycles. The second-order valence-corrected chi connectivity index (χ2v) is 9.98. The highest BCUT2D eigenvalue weighted by Crippen LogP contribution is 2.59. The number of hydrogen-bond acceptors (Lipinski definition) is 5. The predicted molar refractivity (Wildman–Crippen MR) is 106 cm³/mol. The van der Waals surface area contributed by atoms with Crippen LogP contribution < -0.4 is 0 Å². The molecule has 6 atom stereocenters. The van der Waals surface area contributed by atoms with E-state index in [9.17, 15) is 9.90 Å². The summed E-state index contributed by atoms with van der Waals surface area (Å²) in [5.41, 5.74) is 1.03. The summed E-state index contributed by atoms with van der Waals surface area (Å²) in [6.07, 6.45) is 12.2. The predicted octanol–water partition coefficient (Wildman–Crippen LogP) is 3.57. The zero-order valence-electron chi connectivity index (χ0n) is 17.5. The minimum absolute atomic E-state index is 0.115. The molecule has 154 valence electrons. The molecule has 0 amide bonds. The van der Waals surface area contributed by atoms with Crippen molar-refractivity contribution in [2.24, 2.45) is 29.1 Å². The van der Waals surface area contributed by atoms with Crippen molar-refractivity contribution in [3.05, 3.63) is 18.0 Å². The number of hydrogen-bond donors (Lipinski definition) is 1. The Morgan fingerprint density at radius 1 is 1.29 bits per heavy atom. The van der Waals surface area contributed by atoms with Gasteiger partial charge in [-0.1, -0.05) is 18.6 Å². The van der Waals surface area contributed by atoms with Gasteiger partial charge in [0.05, 0.1) is 5.60 Å². The summed E-state index contributed by atoms with van der Waals surface area (Å²) >= 11 is 0. The molecule has 3 aliphatic rings. The van der Waals surface area contributed by atoms with Gasteiger partial charge >= 0.3 is 0 Å². The van der Waals surface area contributed by atoms with E-state index >= 15 is 0 Å². The van der Waals surface area contributed by atoms with Crippen molar-refractivity contribution >= 4 is 5.78 Å². The number of nitrogens with zero attached hydrogens (tertiary/aromatic N) is 4. The topological polar surface area (TPSA) is 80.9 Å². The third-order valence-electron chi connectivity index (χ3n) is 8.25. The van der Waals surface area contributed by atoms with Gasteiger partial charge < -0.3 is 5.11 Å². The smallest absolute Gasteiger partial charge is 0.162 e. The second-order valence-electron chi connectivity index (χ2n) is 9.98. The van der Waals surface area contributed by atoms with Crippen LogP contribution >= 0.6 is 0 Å². The van der Waals surface area contributed by atoms with Gasteiger partial charge in [0.2, 0.25) is 0 Å².